The third-order valence-electron chi connectivity index (χ3n) is 4.03. The van der Waals surface area contributed by atoms with E-state index in [4.69, 9.17) is 4.74 Å². The van der Waals surface area contributed by atoms with Crippen LogP contribution in [0.2, 0.25) is 0 Å². The second kappa shape index (κ2) is 15.1. The van der Waals surface area contributed by atoms with Crippen molar-refractivity contribution in [3.05, 3.63) is 22.4 Å². The van der Waals surface area contributed by atoms with Crippen molar-refractivity contribution in [2.24, 2.45) is 4.99 Å². The molecule has 0 atom stereocenters. The maximum atomic E-state index is 11.8. The van der Waals surface area contributed by atoms with Gasteiger partial charge in [0.25, 0.3) is 5.91 Å². The number of halogens is 1. The number of hydrogen-bond acceptors (Lipinski definition) is 5. The monoisotopic (exact) mass is 509 g/mol. The van der Waals surface area contributed by atoms with E-state index >= 15 is 0 Å². The summed E-state index contributed by atoms with van der Waals surface area (Å²) in [7, 11) is 0. The molecule has 9 heteroatoms. The van der Waals surface area contributed by atoms with E-state index in [9.17, 15) is 4.79 Å². The third-order valence-corrected chi connectivity index (χ3v) is 4.90. The van der Waals surface area contributed by atoms with Crippen LogP contribution in [-0.2, 0) is 4.74 Å². The van der Waals surface area contributed by atoms with Gasteiger partial charge in [-0.15, -0.1) is 35.3 Å². The Morgan fingerprint density at radius 3 is 2.70 bits per heavy atom. The minimum absolute atomic E-state index is 0. The molecular formula is C18H32IN5O2S. The first kappa shape index (κ1) is 24.1. The van der Waals surface area contributed by atoms with Gasteiger partial charge in [-0.25, -0.2) is 0 Å². The molecule has 27 heavy (non-hydrogen) atoms. The Kier molecular flexibility index (Phi) is 13.5. The zero-order valence-electron chi connectivity index (χ0n) is 16.0. The zero-order valence-corrected chi connectivity index (χ0v) is 19.2. The number of thiophene rings is 1. The number of hydrogen-bond donors (Lipinski definition) is 3. The molecular weight excluding hydrogens is 477 g/mol. The number of ether oxygens (including phenoxy) is 1. The third kappa shape index (κ3) is 10.3. The predicted molar refractivity (Wildman–Crippen MR) is 123 cm³/mol. The van der Waals surface area contributed by atoms with Gasteiger partial charge in [-0.3, -0.25) is 14.7 Å². The fraction of sp³-hybridized carbons (Fsp3) is 0.667. The molecule has 1 aliphatic heterocycles. The van der Waals surface area contributed by atoms with Crippen LogP contribution in [0.4, 0.5) is 0 Å². The van der Waals surface area contributed by atoms with Crippen LogP contribution in [0.3, 0.4) is 0 Å². The number of amides is 1. The molecule has 0 unspecified atom stereocenters. The molecule has 0 bridgehead atoms. The van der Waals surface area contributed by atoms with Gasteiger partial charge in [0.05, 0.1) is 18.1 Å². The first-order valence-corrected chi connectivity index (χ1v) is 10.3. The largest absolute Gasteiger partial charge is 0.379 e. The van der Waals surface area contributed by atoms with Crippen LogP contribution in [0.15, 0.2) is 22.5 Å². The van der Waals surface area contributed by atoms with Crippen molar-refractivity contribution in [2.75, 3.05) is 59.0 Å². The van der Waals surface area contributed by atoms with Crippen molar-refractivity contribution in [1.82, 2.24) is 20.9 Å². The molecule has 0 radical (unpaired) electrons. The number of carbonyl (C=O) groups is 1. The molecule has 2 rings (SSSR count). The molecule has 0 saturated carbocycles. The smallest absolute Gasteiger partial charge is 0.261 e. The summed E-state index contributed by atoms with van der Waals surface area (Å²) in [4.78, 5) is 19.6. The van der Waals surface area contributed by atoms with E-state index in [-0.39, 0.29) is 29.9 Å². The molecule has 0 spiro atoms. The number of aliphatic imine (C=N–C) groups is 1. The lowest BCUT2D eigenvalue weighted by Gasteiger charge is -2.26. The summed E-state index contributed by atoms with van der Waals surface area (Å²) >= 11 is 1.46. The summed E-state index contributed by atoms with van der Waals surface area (Å²) in [6.07, 6.45) is 1.91. The Balaban J connectivity index is 0.00000364. The summed E-state index contributed by atoms with van der Waals surface area (Å²) in [5, 5.41) is 11.5. The Morgan fingerprint density at radius 1 is 1.22 bits per heavy atom. The highest BCUT2D eigenvalue weighted by Gasteiger charge is 2.09. The lowest BCUT2D eigenvalue weighted by Crippen LogP contribution is -2.40. The molecule has 1 fully saturated rings. The number of carbonyl (C=O) groups excluding carboxylic acids is 1. The number of guanidine groups is 1. The number of nitrogens with one attached hydrogen (secondary N) is 3. The first-order valence-electron chi connectivity index (χ1n) is 9.43. The lowest BCUT2D eigenvalue weighted by molar-refractivity contribution is 0.0376. The van der Waals surface area contributed by atoms with Crippen LogP contribution in [0.25, 0.3) is 0 Å². The minimum atomic E-state index is -0.00266. The second-order valence-corrected chi connectivity index (χ2v) is 7.03. The summed E-state index contributed by atoms with van der Waals surface area (Å²) in [6, 6.07) is 3.72. The van der Waals surface area contributed by atoms with E-state index in [2.05, 4.69) is 32.8 Å². The van der Waals surface area contributed by atoms with E-state index < -0.39 is 0 Å². The normalized spacial score (nSPS) is 15.1. The predicted octanol–water partition coefficient (Wildman–Crippen LogP) is 1.76. The van der Waals surface area contributed by atoms with Crippen LogP contribution in [0, 0.1) is 0 Å². The van der Waals surface area contributed by atoms with Crippen molar-refractivity contribution < 1.29 is 9.53 Å². The van der Waals surface area contributed by atoms with Gasteiger partial charge in [-0.1, -0.05) is 6.07 Å². The van der Waals surface area contributed by atoms with Gasteiger partial charge in [-0.2, -0.15) is 0 Å². The summed E-state index contributed by atoms with van der Waals surface area (Å²) < 4.78 is 5.36. The van der Waals surface area contributed by atoms with Crippen molar-refractivity contribution in [3.63, 3.8) is 0 Å². The first-order chi connectivity index (χ1) is 12.8. The fourth-order valence-corrected chi connectivity index (χ4v) is 3.28. The zero-order chi connectivity index (χ0) is 18.5. The molecule has 7 nitrogen and oxygen atoms in total. The summed E-state index contributed by atoms with van der Waals surface area (Å²) in [5.74, 6) is 0.844. The Labute approximate surface area is 183 Å². The number of rotatable bonds is 10. The molecule has 2 heterocycles. The van der Waals surface area contributed by atoms with Crippen LogP contribution in [-0.4, -0.2) is 75.8 Å². The molecule has 154 valence electrons. The highest BCUT2D eigenvalue weighted by Crippen LogP contribution is 2.07. The van der Waals surface area contributed by atoms with Crippen LogP contribution >= 0.6 is 35.3 Å². The highest BCUT2D eigenvalue weighted by atomic mass is 127. The van der Waals surface area contributed by atoms with E-state index in [1.807, 2.05) is 17.5 Å². The fourth-order valence-electron chi connectivity index (χ4n) is 2.64. The Bertz CT molecular complexity index is 536. The lowest BCUT2D eigenvalue weighted by atomic mass is 10.3. The molecule has 1 amide bonds. The van der Waals surface area contributed by atoms with Crippen LogP contribution in [0.1, 0.15) is 29.4 Å². The molecule has 1 aromatic rings. The second-order valence-electron chi connectivity index (χ2n) is 6.08. The van der Waals surface area contributed by atoms with Crippen LogP contribution < -0.4 is 16.0 Å². The average molecular weight is 509 g/mol. The maximum Gasteiger partial charge on any atom is 0.261 e. The van der Waals surface area contributed by atoms with Gasteiger partial charge in [0.1, 0.15) is 0 Å². The van der Waals surface area contributed by atoms with E-state index in [1.54, 1.807) is 0 Å². The van der Waals surface area contributed by atoms with Crippen molar-refractivity contribution >= 4 is 47.2 Å². The van der Waals surface area contributed by atoms with Crippen molar-refractivity contribution in [2.45, 2.75) is 19.8 Å². The number of morpholine rings is 1. The summed E-state index contributed by atoms with van der Waals surface area (Å²) in [6.45, 7) is 9.97. The van der Waals surface area contributed by atoms with Gasteiger partial charge >= 0.3 is 0 Å². The van der Waals surface area contributed by atoms with Crippen LogP contribution in [0.5, 0.6) is 0 Å². The van der Waals surface area contributed by atoms with E-state index in [1.165, 1.54) is 11.3 Å². The minimum Gasteiger partial charge on any atom is -0.379 e. The Morgan fingerprint density at radius 2 is 2.00 bits per heavy atom. The van der Waals surface area contributed by atoms with Gasteiger partial charge in [-0.05, 0) is 37.8 Å². The molecule has 0 aliphatic carbocycles. The number of nitrogens with zero attached hydrogens (tertiary/aromatic N) is 2. The van der Waals surface area contributed by atoms with Crippen molar-refractivity contribution in [3.8, 4) is 0 Å². The standard InChI is InChI=1S/C18H31N5O2S.HI/c1-2-19-18(22-9-5-10-23-11-13-25-14-12-23)21-8-4-7-20-17(24)16-6-3-15-26-16;/h3,6,15H,2,4-5,7-14H2,1H3,(H,20,24)(H2,19,21,22);1H. The highest BCUT2D eigenvalue weighted by molar-refractivity contribution is 14.0. The molecule has 3 N–H and O–H groups in total. The van der Waals surface area contributed by atoms with Crippen molar-refractivity contribution in [1.29, 1.82) is 0 Å². The van der Waals surface area contributed by atoms with E-state index in [0.717, 1.165) is 69.6 Å². The van der Waals surface area contributed by atoms with Gasteiger partial charge in [0.2, 0.25) is 0 Å². The maximum absolute atomic E-state index is 11.8. The molecule has 1 aromatic heterocycles. The molecule has 0 aromatic carbocycles. The summed E-state index contributed by atoms with van der Waals surface area (Å²) in [5.41, 5.74) is 0. The topological polar surface area (TPSA) is 78.0 Å². The van der Waals surface area contributed by atoms with Gasteiger partial charge < -0.3 is 20.7 Å². The Hall–Kier alpha value is -0.910. The van der Waals surface area contributed by atoms with Gasteiger partial charge in [0.15, 0.2) is 5.96 Å². The average Bonchev–Trinajstić information content (AvgIpc) is 3.20. The molecule has 1 saturated heterocycles. The SMILES string of the molecule is CCNC(=NCCCNC(=O)c1cccs1)NCCCN1CCOCC1.I. The van der Waals surface area contributed by atoms with E-state index in [0.29, 0.717) is 13.1 Å². The molecule has 1 aliphatic rings. The quantitative estimate of drug-likeness (QED) is 0.194. The van der Waals surface area contributed by atoms with Gasteiger partial charge in [0, 0.05) is 39.3 Å².